The minimum absolute atomic E-state index is 0.218. The van der Waals surface area contributed by atoms with Gasteiger partial charge in [-0.25, -0.2) is 4.39 Å². The average Bonchev–Trinajstić information content (AvgIpc) is 2.73. The molecule has 28 heavy (non-hydrogen) atoms. The number of fused-ring (bicyclic) bond motifs is 2. The second-order valence-electron chi connectivity index (χ2n) is 7.12. The van der Waals surface area contributed by atoms with Crippen molar-refractivity contribution in [3.05, 3.63) is 103 Å². The van der Waals surface area contributed by atoms with Crippen LogP contribution in [-0.4, -0.2) is 4.98 Å². The number of nitrogens with zero attached hydrogens (tertiary/aromatic N) is 1. The van der Waals surface area contributed by atoms with Crippen molar-refractivity contribution < 1.29 is 4.39 Å². The highest BCUT2D eigenvalue weighted by molar-refractivity contribution is 5.99. The standard InChI is InChI=1S/C26H18FN/c1-17-14-25-21(16-24(17)19-8-10-23(27)11-9-19)12-13-28-26(25)22-7-6-18-4-2-3-5-20(18)15-22/h2-16H,1H3. The predicted molar refractivity (Wildman–Crippen MR) is 115 cm³/mol. The van der Waals surface area contributed by atoms with Gasteiger partial charge in [0.25, 0.3) is 0 Å². The first-order valence-electron chi connectivity index (χ1n) is 9.33. The summed E-state index contributed by atoms with van der Waals surface area (Å²) in [5, 5.41) is 4.68. The van der Waals surface area contributed by atoms with Gasteiger partial charge in [0, 0.05) is 17.1 Å². The first-order valence-corrected chi connectivity index (χ1v) is 9.33. The number of hydrogen-bond acceptors (Lipinski definition) is 1. The molecule has 5 rings (SSSR count). The Morgan fingerprint density at radius 3 is 2.25 bits per heavy atom. The van der Waals surface area contributed by atoms with Gasteiger partial charge >= 0.3 is 0 Å². The maximum absolute atomic E-state index is 13.3. The van der Waals surface area contributed by atoms with Gasteiger partial charge in [-0.15, -0.1) is 0 Å². The average molecular weight is 363 g/mol. The monoisotopic (exact) mass is 363 g/mol. The van der Waals surface area contributed by atoms with E-state index in [0.717, 1.165) is 38.7 Å². The number of aromatic nitrogens is 1. The molecule has 1 heterocycles. The third-order valence-electron chi connectivity index (χ3n) is 5.29. The lowest BCUT2D eigenvalue weighted by Gasteiger charge is -2.12. The molecular weight excluding hydrogens is 345 g/mol. The van der Waals surface area contributed by atoms with Crippen molar-refractivity contribution >= 4 is 21.5 Å². The van der Waals surface area contributed by atoms with E-state index < -0.39 is 0 Å². The fourth-order valence-electron chi connectivity index (χ4n) is 3.84. The lowest BCUT2D eigenvalue weighted by Crippen LogP contribution is -1.90. The van der Waals surface area contributed by atoms with Gasteiger partial charge in [-0.05, 0) is 76.2 Å². The molecule has 5 aromatic rings. The summed E-state index contributed by atoms with van der Waals surface area (Å²) in [4.78, 5) is 4.69. The Hall–Kier alpha value is -3.52. The van der Waals surface area contributed by atoms with Gasteiger partial charge in [0.1, 0.15) is 5.82 Å². The second kappa shape index (κ2) is 6.58. The Morgan fingerprint density at radius 1 is 0.679 bits per heavy atom. The molecule has 0 aliphatic carbocycles. The Morgan fingerprint density at radius 2 is 1.43 bits per heavy atom. The molecule has 0 spiro atoms. The number of hydrogen-bond donors (Lipinski definition) is 0. The summed E-state index contributed by atoms with van der Waals surface area (Å²) in [6, 6.07) is 27.9. The quantitative estimate of drug-likeness (QED) is 0.324. The minimum Gasteiger partial charge on any atom is -0.256 e. The Bertz CT molecular complexity index is 1320. The highest BCUT2D eigenvalue weighted by Crippen LogP contribution is 2.34. The number of halogens is 1. The van der Waals surface area contributed by atoms with Gasteiger partial charge in [-0.1, -0.05) is 48.5 Å². The van der Waals surface area contributed by atoms with Crippen LogP contribution in [0.3, 0.4) is 0 Å². The Balaban J connectivity index is 1.70. The van der Waals surface area contributed by atoms with Crippen LogP contribution in [0.15, 0.2) is 91.1 Å². The highest BCUT2D eigenvalue weighted by atomic mass is 19.1. The van der Waals surface area contributed by atoms with Gasteiger partial charge in [0.15, 0.2) is 0 Å². The Labute approximate surface area is 163 Å². The number of benzene rings is 4. The molecule has 0 fully saturated rings. The lowest BCUT2D eigenvalue weighted by molar-refractivity contribution is 0.628. The van der Waals surface area contributed by atoms with E-state index >= 15 is 0 Å². The highest BCUT2D eigenvalue weighted by Gasteiger charge is 2.10. The zero-order valence-corrected chi connectivity index (χ0v) is 15.5. The summed E-state index contributed by atoms with van der Waals surface area (Å²) >= 11 is 0. The summed E-state index contributed by atoms with van der Waals surface area (Å²) in [7, 11) is 0. The molecule has 1 nitrogen and oxygen atoms in total. The fourth-order valence-corrected chi connectivity index (χ4v) is 3.84. The molecule has 0 atom stereocenters. The van der Waals surface area contributed by atoms with Crippen LogP contribution in [0.5, 0.6) is 0 Å². The molecule has 4 aromatic carbocycles. The molecule has 0 amide bonds. The first-order chi connectivity index (χ1) is 13.7. The van der Waals surface area contributed by atoms with Crippen LogP contribution in [0.1, 0.15) is 5.56 Å². The van der Waals surface area contributed by atoms with Gasteiger partial charge < -0.3 is 0 Å². The smallest absolute Gasteiger partial charge is 0.123 e. The van der Waals surface area contributed by atoms with Crippen LogP contribution in [0.25, 0.3) is 43.9 Å². The van der Waals surface area contributed by atoms with Crippen LogP contribution >= 0.6 is 0 Å². The number of pyridine rings is 1. The van der Waals surface area contributed by atoms with E-state index in [1.807, 2.05) is 24.4 Å². The molecule has 134 valence electrons. The molecule has 0 saturated carbocycles. The van der Waals surface area contributed by atoms with Crippen molar-refractivity contribution in [2.45, 2.75) is 6.92 Å². The van der Waals surface area contributed by atoms with Crippen molar-refractivity contribution in [3.8, 4) is 22.4 Å². The van der Waals surface area contributed by atoms with E-state index in [4.69, 9.17) is 0 Å². The number of rotatable bonds is 2. The van der Waals surface area contributed by atoms with Crippen LogP contribution in [0, 0.1) is 12.7 Å². The molecule has 0 bridgehead atoms. The van der Waals surface area contributed by atoms with E-state index in [2.05, 4.69) is 66.5 Å². The third-order valence-corrected chi connectivity index (χ3v) is 5.29. The van der Waals surface area contributed by atoms with E-state index in [9.17, 15) is 4.39 Å². The van der Waals surface area contributed by atoms with Crippen molar-refractivity contribution in [2.75, 3.05) is 0 Å². The van der Waals surface area contributed by atoms with E-state index in [1.165, 1.54) is 22.9 Å². The van der Waals surface area contributed by atoms with Crippen LogP contribution in [0.2, 0.25) is 0 Å². The van der Waals surface area contributed by atoms with E-state index in [0.29, 0.717) is 0 Å². The van der Waals surface area contributed by atoms with E-state index in [1.54, 1.807) is 0 Å². The zero-order valence-electron chi connectivity index (χ0n) is 15.5. The van der Waals surface area contributed by atoms with Crippen molar-refractivity contribution in [2.24, 2.45) is 0 Å². The summed E-state index contributed by atoms with van der Waals surface area (Å²) < 4.78 is 13.3. The van der Waals surface area contributed by atoms with E-state index in [-0.39, 0.29) is 5.82 Å². The first kappa shape index (κ1) is 16.6. The van der Waals surface area contributed by atoms with Crippen LogP contribution in [0.4, 0.5) is 4.39 Å². The normalized spacial score (nSPS) is 11.2. The minimum atomic E-state index is -0.218. The molecule has 1 aromatic heterocycles. The summed E-state index contributed by atoms with van der Waals surface area (Å²) in [6.45, 7) is 2.09. The molecule has 2 heteroatoms. The molecule has 0 unspecified atom stereocenters. The molecule has 0 saturated heterocycles. The third kappa shape index (κ3) is 2.84. The SMILES string of the molecule is Cc1cc2c(-c3ccc4ccccc4c3)nccc2cc1-c1ccc(F)cc1. The number of aryl methyl sites for hydroxylation is 1. The molecule has 0 N–H and O–H groups in total. The Kier molecular flexibility index (Phi) is 3.91. The van der Waals surface area contributed by atoms with Gasteiger partial charge in [0.2, 0.25) is 0 Å². The fraction of sp³-hybridized carbons (Fsp3) is 0.0385. The second-order valence-corrected chi connectivity index (χ2v) is 7.12. The maximum atomic E-state index is 13.3. The van der Waals surface area contributed by atoms with Gasteiger partial charge in [-0.3, -0.25) is 4.98 Å². The summed E-state index contributed by atoms with van der Waals surface area (Å²) in [5.41, 5.74) is 5.37. The topological polar surface area (TPSA) is 12.9 Å². The molecule has 0 aliphatic rings. The van der Waals surface area contributed by atoms with Crippen molar-refractivity contribution in [3.63, 3.8) is 0 Å². The zero-order chi connectivity index (χ0) is 19.1. The van der Waals surface area contributed by atoms with Gasteiger partial charge in [-0.2, -0.15) is 0 Å². The van der Waals surface area contributed by atoms with Crippen LogP contribution < -0.4 is 0 Å². The largest absolute Gasteiger partial charge is 0.256 e. The van der Waals surface area contributed by atoms with Crippen molar-refractivity contribution in [1.29, 1.82) is 0 Å². The molecule has 0 aliphatic heterocycles. The lowest BCUT2D eigenvalue weighted by atomic mass is 9.94. The molecular formula is C26H18FN. The summed E-state index contributed by atoms with van der Waals surface area (Å²) in [5.74, 6) is -0.218. The molecule has 0 radical (unpaired) electrons. The van der Waals surface area contributed by atoms with Gasteiger partial charge in [0.05, 0.1) is 5.69 Å². The summed E-state index contributed by atoms with van der Waals surface area (Å²) in [6.07, 6.45) is 1.86. The van der Waals surface area contributed by atoms with Crippen LogP contribution in [-0.2, 0) is 0 Å². The predicted octanol–water partition coefficient (Wildman–Crippen LogP) is 7.17. The maximum Gasteiger partial charge on any atom is 0.123 e. The van der Waals surface area contributed by atoms with Crippen molar-refractivity contribution in [1.82, 2.24) is 4.98 Å².